The lowest BCUT2D eigenvalue weighted by molar-refractivity contribution is -0.384. The van der Waals surface area contributed by atoms with Gasteiger partial charge >= 0.3 is 0 Å². The molecule has 0 radical (unpaired) electrons. The zero-order valence-electron chi connectivity index (χ0n) is 16.7. The number of rotatable bonds is 7. The minimum atomic E-state index is -0.681. The average Bonchev–Trinajstić information content (AvgIpc) is 2.78. The van der Waals surface area contributed by atoms with Crippen LogP contribution in [0.25, 0.3) is 6.08 Å². The molecule has 1 N–H and O–H groups in total. The zero-order valence-corrected chi connectivity index (χ0v) is 21.0. The van der Waals surface area contributed by atoms with E-state index in [0.29, 0.717) is 11.3 Å². The molecule has 0 fully saturated rings. The van der Waals surface area contributed by atoms with Crippen molar-refractivity contribution in [3.63, 3.8) is 0 Å². The normalized spacial score (nSPS) is 10.9. The monoisotopic (exact) mass is 669 g/mol. The number of nitrogens with one attached hydrogen (secondary N) is 1. The van der Waals surface area contributed by atoms with Crippen LogP contribution in [-0.2, 0) is 11.4 Å². The first-order valence-electron chi connectivity index (χ1n) is 9.30. The van der Waals surface area contributed by atoms with Gasteiger partial charge in [0.05, 0.1) is 12.1 Å². The first-order chi connectivity index (χ1) is 15.8. The lowest BCUT2D eigenvalue weighted by Gasteiger charge is -2.12. The summed E-state index contributed by atoms with van der Waals surface area (Å²) in [5, 5.41) is 22.9. The number of ether oxygens (including phenoxy) is 1. The zero-order chi connectivity index (χ0) is 24.0. The molecular weight excluding hydrogens is 655 g/mol. The SMILES string of the molecule is N#C/C(=C\c1cc(I)c(OCc2ccc(F)cc2)c(I)c1)C(=O)Nc1cccc([N+](=O)[O-])c1. The highest BCUT2D eigenvalue weighted by Gasteiger charge is 2.14. The summed E-state index contributed by atoms with van der Waals surface area (Å²) >= 11 is 4.20. The Balaban J connectivity index is 1.77. The molecule has 166 valence electrons. The summed E-state index contributed by atoms with van der Waals surface area (Å²) in [6.07, 6.45) is 1.43. The molecule has 10 heteroatoms. The number of hydrogen-bond donors (Lipinski definition) is 1. The Morgan fingerprint density at radius 3 is 2.42 bits per heavy atom. The highest BCUT2D eigenvalue weighted by atomic mass is 127. The average molecular weight is 669 g/mol. The molecule has 0 saturated carbocycles. The third-order valence-electron chi connectivity index (χ3n) is 4.31. The molecule has 0 saturated heterocycles. The van der Waals surface area contributed by atoms with Crippen LogP contribution in [0.1, 0.15) is 11.1 Å². The second-order valence-corrected chi connectivity index (χ2v) is 8.98. The Hall–Kier alpha value is -3.05. The van der Waals surface area contributed by atoms with E-state index in [4.69, 9.17) is 4.74 Å². The van der Waals surface area contributed by atoms with E-state index >= 15 is 0 Å². The van der Waals surface area contributed by atoms with Crippen molar-refractivity contribution in [2.24, 2.45) is 0 Å². The maximum Gasteiger partial charge on any atom is 0.271 e. The number of nitro benzene ring substituents is 1. The van der Waals surface area contributed by atoms with Gasteiger partial charge in [0.25, 0.3) is 11.6 Å². The third-order valence-corrected chi connectivity index (χ3v) is 5.91. The lowest BCUT2D eigenvalue weighted by Crippen LogP contribution is -2.13. The standard InChI is InChI=1S/C23H14FI2N3O4/c24-17-6-4-14(5-7-17)13-33-22-20(25)9-15(10-21(22)26)8-16(12-27)23(30)28-18-2-1-3-19(11-18)29(31)32/h1-11H,13H2,(H,28,30)/b16-8+. The van der Waals surface area contributed by atoms with Crippen molar-refractivity contribution in [3.8, 4) is 11.8 Å². The smallest absolute Gasteiger partial charge is 0.271 e. The van der Waals surface area contributed by atoms with E-state index in [2.05, 4.69) is 50.5 Å². The number of non-ortho nitro benzene ring substituents is 1. The van der Waals surface area contributed by atoms with Gasteiger partial charge in [-0.3, -0.25) is 14.9 Å². The number of hydrogen-bond acceptors (Lipinski definition) is 5. The molecule has 0 unspecified atom stereocenters. The van der Waals surface area contributed by atoms with Gasteiger partial charge in [0.1, 0.15) is 29.8 Å². The van der Waals surface area contributed by atoms with Gasteiger partial charge in [-0.15, -0.1) is 0 Å². The lowest BCUT2D eigenvalue weighted by atomic mass is 10.1. The first kappa shape index (κ1) is 24.6. The van der Waals surface area contributed by atoms with Crippen molar-refractivity contribution in [2.45, 2.75) is 6.61 Å². The molecule has 7 nitrogen and oxygen atoms in total. The van der Waals surface area contributed by atoms with Crippen LogP contribution in [0.5, 0.6) is 5.75 Å². The Morgan fingerprint density at radius 1 is 1.15 bits per heavy atom. The maximum absolute atomic E-state index is 13.1. The van der Waals surface area contributed by atoms with Gasteiger partial charge in [0.2, 0.25) is 0 Å². The van der Waals surface area contributed by atoms with Crippen molar-refractivity contribution in [3.05, 3.63) is 100 Å². The minimum Gasteiger partial charge on any atom is -0.487 e. The molecule has 3 aromatic rings. The summed E-state index contributed by atoms with van der Waals surface area (Å²) in [6, 6.07) is 16.9. The van der Waals surface area contributed by atoms with Crippen LogP contribution in [0.3, 0.4) is 0 Å². The third kappa shape index (κ3) is 6.72. The largest absolute Gasteiger partial charge is 0.487 e. The van der Waals surface area contributed by atoms with E-state index in [1.807, 2.05) is 6.07 Å². The molecule has 3 rings (SSSR count). The molecule has 0 atom stereocenters. The van der Waals surface area contributed by atoms with E-state index in [0.717, 1.165) is 12.7 Å². The molecule has 33 heavy (non-hydrogen) atoms. The molecule has 0 aliphatic rings. The Labute approximate surface area is 215 Å². The van der Waals surface area contributed by atoms with Gasteiger partial charge in [-0.2, -0.15) is 5.26 Å². The van der Waals surface area contributed by atoms with Gasteiger partial charge in [-0.25, -0.2) is 4.39 Å². The quantitative estimate of drug-likeness (QED) is 0.108. The van der Waals surface area contributed by atoms with Crippen molar-refractivity contribution >= 4 is 68.5 Å². The molecule has 0 aliphatic carbocycles. The number of nitriles is 1. The number of nitro groups is 1. The first-order valence-corrected chi connectivity index (χ1v) is 11.5. The molecule has 0 heterocycles. The van der Waals surface area contributed by atoms with Crippen LogP contribution < -0.4 is 10.1 Å². The van der Waals surface area contributed by atoms with Gasteiger partial charge in [-0.05, 0) is 92.7 Å². The number of nitrogens with zero attached hydrogens (tertiary/aromatic N) is 2. The second-order valence-electron chi connectivity index (χ2n) is 6.66. The Kier molecular flexibility index (Phi) is 8.34. The fourth-order valence-electron chi connectivity index (χ4n) is 2.75. The second kappa shape index (κ2) is 11.2. The number of anilines is 1. The Morgan fingerprint density at radius 2 is 1.82 bits per heavy atom. The minimum absolute atomic E-state index is 0.159. The molecular formula is C23H14FI2N3O4. The van der Waals surface area contributed by atoms with Gasteiger partial charge in [0, 0.05) is 17.8 Å². The molecule has 1 amide bonds. The van der Waals surface area contributed by atoms with E-state index in [1.54, 1.807) is 24.3 Å². The van der Waals surface area contributed by atoms with Crippen LogP contribution in [-0.4, -0.2) is 10.8 Å². The van der Waals surface area contributed by atoms with Crippen LogP contribution >= 0.6 is 45.2 Å². The summed E-state index contributed by atoms with van der Waals surface area (Å²) in [6.45, 7) is 0.260. The fourth-order valence-corrected chi connectivity index (χ4v) is 4.88. The number of halogens is 3. The van der Waals surface area contributed by atoms with Crippen molar-refractivity contribution in [2.75, 3.05) is 5.32 Å². The molecule has 0 aromatic heterocycles. The fraction of sp³-hybridized carbons (Fsp3) is 0.0435. The highest BCUT2D eigenvalue weighted by Crippen LogP contribution is 2.30. The topological polar surface area (TPSA) is 105 Å². The predicted octanol–water partition coefficient (Wildman–Crippen LogP) is 6.07. The maximum atomic E-state index is 13.1. The Bertz CT molecular complexity index is 1260. The predicted molar refractivity (Wildman–Crippen MR) is 138 cm³/mol. The van der Waals surface area contributed by atoms with Gasteiger partial charge < -0.3 is 10.1 Å². The van der Waals surface area contributed by atoms with Crippen LogP contribution in [0, 0.1) is 34.4 Å². The van der Waals surface area contributed by atoms with Gasteiger partial charge in [0.15, 0.2) is 0 Å². The van der Waals surface area contributed by atoms with Crippen molar-refractivity contribution < 1.29 is 18.8 Å². The van der Waals surface area contributed by atoms with E-state index in [9.17, 15) is 24.6 Å². The summed E-state index contributed by atoms with van der Waals surface area (Å²) in [5.74, 6) is -0.362. The van der Waals surface area contributed by atoms with Crippen LogP contribution in [0.2, 0.25) is 0 Å². The van der Waals surface area contributed by atoms with E-state index in [1.165, 1.54) is 42.5 Å². The van der Waals surface area contributed by atoms with E-state index < -0.39 is 10.8 Å². The summed E-state index contributed by atoms with van der Waals surface area (Å²) in [7, 11) is 0. The van der Waals surface area contributed by atoms with Crippen molar-refractivity contribution in [1.29, 1.82) is 5.26 Å². The summed E-state index contributed by atoms with van der Waals surface area (Å²) in [4.78, 5) is 22.9. The van der Waals surface area contributed by atoms with Crippen LogP contribution in [0.15, 0.2) is 66.2 Å². The van der Waals surface area contributed by atoms with E-state index in [-0.39, 0.29) is 29.4 Å². The number of amides is 1. The van der Waals surface area contributed by atoms with Crippen molar-refractivity contribution in [1.82, 2.24) is 0 Å². The van der Waals surface area contributed by atoms with Crippen LogP contribution in [0.4, 0.5) is 15.8 Å². The molecule has 0 spiro atoms. The van der Waals surface area contributed by atoms with Gasteiger partial charge in [-0.1, -0.05) is 18.2 Å². The number of carbonyl (C=O) groups excluding carboxylic acids is 1. The number of carbonyl (C=O) groups is 1. The summed E-state index contributed by atoms with van der Waals surface area (Å²) in [5.41, 5.74) is 1.31. The highest BCUT2D eigenvalue weighted by molar-refractivity contribution is 14.1. The number of benzene rings is 3. The molecule has 3 aromatic carbocycles. The molecule has 0 aliphatic heterocycles. The molecule has 0 bridgehead atoms. The summed E-state index contributed by atoms with van der Waals surface area (Å²) < 4.78 is 20.5.